The third-order valence-electron chi connectivity index (χ3n) is 1.55. The van der Waals surface area contributed by atoms with Crippen LogP contribution >= 0.6 is 0 Å². The van der Waals surface area contributed by atoms with E-state index in [0.29, 0.717) is 0 Å². The van der Waals surface area contributed by atoms with Gasteiger partial charge >= 0.3 is 0 Å². The van der Waals surface area contributed by atoms with Crippen molar-refractivity contribution in [1.29, 1.82) is 0 Å². The van der Waals surface area contributed by atoms with E-state index in [1.54, 1.807) is 13.4 Å². The van der Waals surface area contributed by atoms with Gasteiger partial charge in [-0.2, -0.15) is 0 Å². The average molecular weight is 170 g/mol. The Kier molecular flexibility index (Phi) is 2.09. The molecule has 3 heteroatoms. The van der Waals surface area contributed by atoms with E-state index in [2.05, 4.69) is 19.6 Å². The molecule has 0 bridgehead atoms. The van der Waals surface area contributed by atoms with Crippen molar-refractivity contribution in [2.75, 3.05) is 7.11 Å². The topological polar surface area (TPSA) is 22.4 Å². The zero-order valence-corrected chi connectivity index (χ0v) is 8.47. The Morgan fingerprint density at radius 2 is 2.00 bits per heavy atom. The van der Waals surface area contributed by atoms with Crippen molar-refractivity contribution in [3.05, 3.63) is 12.3 Å². The first kappa shape index (κ1) is 8.39. The third-order valence-corrected chi connectivity index (χ3v) is 3.29. The Morgan fingerprint density at radius 3 is 2.27 bits per heavy atom. The maximum absolute atomic E-state index is 5.36. The lowest BCUT2D eigenvalue weighted by Gasteiger charge is -2.10. The number of methoxy groups -OCH3 is 1. The molecule has 0 saturated carbocycles. The third kappa shape index (κ3) is 1.86. The molecule has 0 saturated heterocycles. The number of rotatable bonds is 2. The Hall–Kier alpha value is -0.703. The number of ether oxygens (including phenoxy) is 1. The molecule has 1 aromatic heterocycles. The van der Waals surface area contributed by atoms with E-state index in [9.17, 15) is 0 Å². The Labute approximate surface area is 68.2 Å². The summed E-state index contributed by atoms with van der Waals surface area (Å²) in [4.78, 5) is 0. The molecule has 0 aliphatic rings. The fourth-order valence-electron chi connectivity index (χ4n) is 0.819. The summed E-state index contributed by atoms with van der Waals surface area (Å²) in [5, 5.41) is 1.09. The van der Waals surface area contributed by atoms with Crippen LogP contribution in [-0.2, 0) is 0 Å². The van der Waals surface area contributed by atoms with Gasteiger partial charge in [-0.25, -0.2) is 0 Å². The molecule has 1 aromatic rings. The molecule has 1 rings (SSSR count). The van der Waals surface area contributed by atoms with E-state index in [1.165, 1.54) is 0 Å². The second-order valence-electron chi connectivity index (χ2n) is 3.60. The molecule has 0 amide bonds. The SMILES string of the molecule is COc1coc([Si](C)(C)C)c1. The van der Waals surface area contributed by atoms with Crippen LogP contribution in [-0.4, -0.2) is 15.2 Å². The molecule has 0 aliphatic heterocycles. The summed E-state index contributed by atoms with van der Waals surface area (Å²) in [6.45, 7) is 6.72. The quantitative estimate of drug-likeness (QED) is 0.632. The van der Waals surface area contributed by atoms with Crippen molar-refractivity contribution in [3.63, 3.8) is 0 Å². The fourth-order valence-corrected chi connectivity index (χ4v) is 1.81. The van der Waals surface area contributed by atoms with Gasteiger partial charge in [0.05, 0.1) is 12.5 Å². The number of hydrogen-bond donors (Lipinski definition) is 0. The smallest absolute Gasteiger partial charge is 0.156 e. The second-order valence-corrected chi connectivity index (χ2v) is 8.59. The van der Waals surface area contributed by atoms with Crippen LogP contribution in [0.1, 0.15) is 0 Å². The van der Waals surface area contributed by atoms with Crippen LogP contribution in [0.25, 0.3) is 0 Å². The van der Waals surface area contributed by atoms with Crippen LogP contribution in [0.4, 0.5) is 0 Å². The zero-order chi connectivity index (χ0) is 8.48. The molecule has 0 radical (unpaired) electrons. The second kappa shape index (κ2) is 2.74. The van der Waals surface area contributed by atoms with E-state index < -0.39 is 8.07 Å². The summed E-state index contributed by atoms with van der Waals surface area (Å²) in [5.41, 5.74) is 0. The fraction of sp³-hybridized carbons (Fsp3) is 0.500. The van der Waals surface area contributed by atoms with Crippen molar-refractivity contribution >= 4 is 13.5 Å². The summed E-state index contributed by atoms with van der Waals surface area (Å²) in [7, 11) is 0.376. The molecule has 2 nitrogen and oxygen atoms in total. The molecule has 0 fully saturated rings. The van der Waals surface area contributed by atoms with Crippen LogP contribution in [0.3, 0.4) is 0 Å². The van der Waals surface area contributed by atoms with Crippen LogP contribution in [0.2, 0.25) is 19.6 Å². The molecular formula is C8H14O2Si. The molecule has 11 heavy (non-hydrogen) atoms. The monoisotopic (exact) mass is 170 g/mol. The van der Waals surface area contributed by atoms with Gasteiger partial charge in [-0.05, 0) is 0 Å². The van der Waals surface area contributed by atoms with Crippen molar-refractivity contribution < 1.29 is 9.15 Å². The first-order chi connectivity index (χ1) is 5.04. The van der Waals surface area contributed by atoms with Gasteiger partial charge in [0.2, 0.25) is 0 Å². The largest absolute Gasteiger partial charge is 0.493 e. The van der Waals surface area contributed by atoms with Crippen LogP contribution in [0.5, 0.6) is 5.75 Å². The van der Waals surface area contributed by atoms with E-state index >= 15 is 0 Å². The minimum Gasteiger partial charge on any atom is -0.493 e. The van der Waals surface area contributed by atoms with Gasteiger partial charge in [0.1, 0.15) is 14.3 Å². The molecular weight excluding hydrogens is 156 g/mol. The van der Waals surface area contributed by atoms with E-state index in [1.807, 2.05) is 6.07 Å². The highest BCUT2D eigenvalue weighted by atomic mass is 28.3. The Bertz CT molecular complexity index is 234. The highest BCUT2D eigenvalue weighted by Crippen LogP contribution is 2.12. The van der Waals surface area contributed by atoms with Crippen LogP contribution in [0.15, 0.2) is 16.7 Å². The zero-order valence-electron chi connectivity index (χ0n) is 7.47. The molecule has 0 aromatic carbocycles. The summed E-state index contributed by atoms with van der Waals surface area (Å²) < 4.78 is 10.4. The first-order valence-corrected chi connectivity index (χ1v) is 7.17. The molecule has 0 spiro atoms. The van der Waals surface area contributed by atoms with Crippen molar-refractivity contribution in [2.45, 2.75) is 19.6 Å². The predicted molar refractivity (Wildman–Crippen MR) is 48.2 cm³/mol. The van der Waals surface area contributed by atoms with Crippen LogP contribution < -0.4 is 10.1 Å². The molecule has 0 aliphatic carbocycles. The minimum atomic E-state index is -1.28. The van der Waals surface area contributed by atoms with Gasteiger partial charge in [-0.3, -0.25) is 0 Å². The van der Waals surface area contributed by atoms with Crippen molar-refractivity contribution in [2.24, 2.45) is 0 Å². The summed E-state index contributed by atoms with van der Waals surface area (Å²) in [6.07, 6.45) is 1.66. The lowest BCUT2D eigenvalue weighted by molar-refractivity contribution is 0.406. The molecule has 62 valence electrons. The van der Waals surface area contributed by atoms with Crippen molar-refractivity contribution in [1.82, 2.24) is 0 Å². The Morgan fingerprint density at radius 1 is 1.36 bits per heavy atom. The van der Waals surface area contributed by atoms with Crippen molar-refractivity contribution in [3.8, 4) is 5.75 Å². The molecule has 0 unspecified atom stereocenters. The molecule has 0 atom stereocenters. The van der Waals surface area contributed by atoms with Gasteiger partial charge in [-0.1, -0.05) is 19.6 Å². The van der Waals surface area contributed by atoms with Crippen LogP contribution in [0, 0.1) is 0 Å². The maximum Gasteiger partial charge on any atom is 0.156 e. The Balaban J connectivity index is 2.89. The predicted octanol–water partition coefficient (Wildman–Crippen LogP) is 1.83. The highest BCUT2D eigenvalue weighted by Gasteiger charge is 2.20. The van der Waals surface area contributed by atoms with Gasteiger partial charge in [0, 0.05) is 6.07 Å². The summed E-state index contributed by atoms with van der Waals surface area (Å²) in [6, 6.07) is 1.98. The average Bonchev–Trinajstić information content (AvgIpc) is 2.32. The number of hydrogen-bond acceptors (Lipinski definition) is 2. The summed E-state index contributed by atoms with van der Waals surface area (Å²) in [5.74, 6) is 0.822. The van der Waals surface area contributed by atoms with E-state index in [0.717, 1.165) is 11.1 Å². The lowest BCUT2D eigenvalue weighted by Crippen LogP contribution is -2.36. The minimum absolute atomic E-state index is 0.822. The van der Waals surface area contributed by atoms with Gasteiger partial charge in [0.25, 0.3) is 0 Å². The summed E-state index contributed by atoms with van der Waals surface area (Å²) >= 11 is 0. The normalized spacial score (nSPS) is 11.6. The first-order valence-electron chi connectivity index (χ1n) is 3.67. The standard InChI is InChI=1S/C8H14O2Si/c1-9-7-5-8(10-6-7)11(2,3)4/h5-6H,1-4H3. The lowest BCUT2D eigenvalue weighted by atomic mass is 10.6. The molecule has 0 N–H and O–H groups in total. The maximum atomic E-state index is 5.36. The number of furan rings is 1. The van der Waals surface area contributed by atoms with Gasteiger partial charge < -0.3 is 9.15 Å². The van der Waals surface area contributed by atoms with E-state index in [4.69, 9.17) is 9.15 Å². The van der Waals surface area contributed by atoms with Gasteiger partial charge in [-0.15, -0.1) is 0 Å². The van der Waals surface area contributed by atoms with Gasteiger partial charge in [0.15, 0.2) is 5.75 Å². The van der Waals surface area contributed by atoms with E-state index in [-0.39, 0.29) is 0 Å². The molecule has 1 heterocycles. The highest BCUT2D eigenvalue weighted by molar-refractivity contribution is 6.87.